The second-order valence-corrected chi connectivity index (χ2v) is 4.33. The number of hydrogen-bond acceptors (Lipinski definition) is 0. The highest BCUT2D eigenvalue weighted by molar-refractivity contribution is 9.13. The van der Waals surface area contributed by atoms with Crippen molar-refractivity contribution in [3.63, 3.8) is 0 Å². The molecular weight excluding hydrogens is 324 g/mol. The van der Waals surface area contributed by atoms with Crippen molar-refractivity contribution >= 4 is 47.8 Å². The minimum absolute atomic E-state index is 0.966. The molecule has 10 heavy (non-hydrogen) atoms. The van der Waals surface area contributed by atoms with Crippen LogP contribution in [-0.4, -0.2) is 0 Å². The third-order valence-electron chi connectivity index (χ3n) is 1.21. The Labute approximate surface area is 85.4 Å². The largest absolute Gasteiger partial charge is 0.0505 e. The maximum atomic E-state index is 3.42. The third kappa shape index (κ3) is 1.63. The van der Waals surface area contributed by atoms with E-state index in [2.05, 4.69) is 53.9 Å². The van der Waals surface area contributed by atoms with Crippen molar-refractivity contribution in [1.29, 1.82) is 0 Å². The van der Waals surface area contributed by atoms with E-state index in [1.807, 2.05) is 13.0 Å². The lowest BCUT2D eigenvalue weighted by atomic mass is 10.2. The van der Waals surface area contributed by atoms with E-state index in [-0.39, 0.29) is 0 Å². The summed E-state index contributed by atoms with van der Waals surface area (Å²) < 4.78 is 3.10. The molecule has 0 bridgehead atoms. The highest BCUT2D eigenvalue weighted by Crippen LogP contribution is 2.30. The summed E-state index contributed by atoms with van der Waals surface area (Å²) in [6.45, 7) is 2.03. The molecule has 0 nitrogen and oxygen atoms in total. The highest BCUT2D eigenvalue weighted by Gasteiger charge is 2.02. The molecule has 0 N–H and O–H groups in total. The first-order valence-electron chi connectivity index (χ1n) is 2.64. The summed E-state index contributed by atoms with van der Waals surface area (Å²) in [6.07, 6.45) is 0. The molecule has 0 heterocycles. The van der Waals surface area contributed by atoms with Gasteiger partial charge >= 0.3 is 0 Å². The molecule has 1 aromatic rings. The number of hydrogen-bond donors (Lipinski definition) is 0. The van der Waals surface area contributed by atoms with Gasteiger partial charge in [0.05, 0.1) is 0 Å². The van der Waals surface area contributed by atoms with Crippen LogP contribution in [-0.2, 0) is 0 Å². The summed E-state index contributed by atoms with van der Waals surface area (Å²) in [5, 5.41) is 0. The normalized spacial score (nSPS) is 10.0. The third-order valence-corrected chi connectivity index (χ3v) is 4.18. The Bertz CT molecular complexity index is 228. The number of halogens is 3. The lowest BCUT2D eigenvalue weighted by molar-refractivity contribution is 1.37. The number of benzene rings is 1. The molecule has 0 fully saturated rings. The van der Waals surface area contributed by atoms with E-state index in [1.54, 1.807) is 0 Å². The summed E-state index contributed by atoms with van der Waals surface area (Å²) in [6, 6.07) is 4.92. The quantitative estimate of drug-likeness (QED) is 0.630. The van der Waals surface area contributed by atoms with Crippen LogP contribution in [0.25, 0.3) is 0 Å². The zero-order valence-electron chi connectivity index (χ0n) is 5.21. The Morgan fingerprint density at radius 3 is 2.40 bits per heavy atom. The van der Waals surface area contributed by atoms with Crippen molar-refractivity contribution in [2.24, 2.45) is 0 Å². The predicted octanol–water partition coefficient (Wildman–Crippen LogP) is 4.08. The second-order valence-electron chi connectivity index (χ2n) is 1.89. The fourth-order valence-electron chi connectivity index (χ4n) is 0.568. The Hall–Kier alpha value is 0.660. The second kappa shape index (κ2) is 3.37. The first-order chi connectivity index (χ1) is 4.63. The van der Waals surface area contributed by atoms with Crippen molar-refractivity contribution in [2.75, 3.05) is 0 Å². The van der Waals surface area contributed by atoms with Gasteiger partial charge in [0.15, 0.2) is 0 Å². The van der Waals surface area contributed by atoms with Gasteiger partial charge in [-0.1, -0.05) is 15.9 Å². The van der Waals surface area contributed by atoms with E-state index >= 15 is 0 Å². The smallest absolute Gasteiger partial charge is 0.0399 e. The number of rotatable bonds is 0. The van der Waals surface area contributed by atoms with Crippen LogP contribution in [0.15, 0.2) is 19.5 Å². The van der Waals surface area contributed by atoms with Crippen molar-refractivity contribution in [2.45, 2.75) is 6.92 Å². The Morgan fingerprint density at radius 1 is 1.30 bits per heavy atom. The van der Waals surface area contributed by atoms with Crippen LogP contribution in [0.5, 0.6) is 0 Å². The van der Waals surface area contributed by atoms with Gasteiger partial charge < -0.3 is 0 Å². The summed E-state index contributed by atoms with van der Waals surface area (Å²) >= 11 is 10.2. The maximum Gasteiger partial charge on any atom is 0.0399 e. The summed E-state index contributed by atoms with van der Waals surface area (Å²) in [7, 11) is 0. The molecule has 0 aliphatic carbocycles. The van der Waals surface area contributed by atoms with Crippen molar-refractivity contribution in [3.8, 4) is 0 Å². The van der Waals surface area contributed by atoms with Gasteiger partial charge in [0.1, 0.15) is 0 Å². The highest BCUT2D eigenvalue weighted by atomic mass is 79.9. The van der Waals surface area contributed by atoms with Gasteiger partial charge in [-0.15, -0.1) is 0 Å². The van der Waals surface area contributed by atoms with E-state index in [0.717, 1.165) is 13.4 Å². The summed E-state index contributed by atoms with van der Waals surface area (Å²) in [4.78, 5) is 0. The molecule has 3 heteroatoms. The van der Waals surface area contributed by atoms with E-state index in [1.165, 1.54) is 5.56 Å². The molecule has 0 saturated carbocycles. The lowest BCUT2D eigenvalue weighted by Crippen LogP contribution is -1.78. The van der Waals surface area contributed by atoms with Crippen molar-refractivity contribution in [1.82, 2.24) is 0 Å². The fourth-order valence-corrected chi connectivity index (χ4v) is 1.89. The molecule has 0 atom stereocenters. The van der Waals surface area contributed by atoms with Crippen LogP contribution in [0.1, 0.15) is 5.56 Å². The van der Waals surface area contributed by atoms with Crippen LogP contribution in [0.4, 0.5) is 0 Å². The van der Waals surface area contributed by atoms with Crippen LogP contribution in [0, 0.1) is 13.0 Å². The van der Waals surface area contributed by atoms with E-state index in [0.29, 0.717) is 0 Å². The molecule has 1 radical (unpaired) electrons. The minimum atomic E-state index is 0.966. The molecule has 1 aromatic carbocycles. The van der Waals surface area contributed by atoms with Gasteiger partial charge in [-0.2, -0.15) is 0 Å². The first kappa shape index (κ1) is 8.75. The standard InChI is InChI=1S/C7H4Br3/c1-4-5(8)2-3-6(9)7(4)10/h2H,1H3. The molecule has 0 aliphatic heterocycles. The molecule has 1 rings (SSSR count). The van der Waals surface area contributed by atoms with Gasteiger partial charge in [-0.3, -0.25) is 0 Å². The zero-order valence-corrected chi connectivity index (χ0v) is 9.97. The Morgan fingerprint density at radius 2 is 1.90 bits per heavy atom. The van der Waals surface area contributed by atoms with Gasteiger partial charge in [-0.05, 0) is 56.5 Å². The monoisotopic (exact) mass is 325 g/mol. The topological polar surface area (TPSA) is 0 Å². The first-order valence-corrected chi connectivity index (χ1v) is 5.02. The average Bonchev–Trinajstić information content (AvgIpc) is 1.93. The Balaban J connectivity index is 3.34. The molecule has 0 saturated heterocycles. The van der Waals surface area contributed by atoms with Gasteiger partial charge in [0.25, 0.3) is 0 Å². The average molecular weight is 328 g/mol. The maximum absolute atomic E-state index is 3.42. The summed E-state index contributed by atoms with van der Waals surface area (Å²) in [5.41, 5.74) is 1.19. The molecule has 0 unspecified atom stereocenters. The zero-order chi connectivity index (χ0) is 7.72. The van der Waals surface area contributed by atoms with Crippen LogP contribution in [0.2, 0.25) is 0 Å². The van der Waals surface area contributed by atoms with Gasteiger partial charge in [-0.25, -0.2) is 0 Å². The van der Waals surface area contributed by atoms with Crippen molar-refractivity contribution < 1.29 is 0 Å². The van der Waals surface area contributed by atoms with Crippen LogP contribution < -0.4 is 0 Å². The lowest BCUT2D eigenvalue weighted by Gasteiger charge is -2.01. The molecular formula is C7H4Br3. The van der Waals surface area contributed by atoms with Crippen molar-refractivity contribution in [3.05, 3.63) is 31.1 Å². The van der Waals surface area contributed by atoms with E-state index in [9.17, 15) is 0 Å². The predicted molar refractivity (Wildman–Crippen MR) is 53.1 cm³/mol. The molecule has 53 valence electrons. The Kier molecular flexibility index (Phi) is 2.95. The summed E-state index contributed by atoms with van der Waals surface area (Å²) in [5.74, 6) is 0. The van der Waals surface area contributed by atoms with Gasteiger partial charge in [0, 0.05) is 13.4 Å². The molecule has 0 aliphatic rings. The minimum Gasteiger partial charge on any atom is -0.0505 e. The van der Waals surface area contributed by atoms with E-state index < -0.39 is 0 Å². The molecule has 0 aromatic heterocycles. The van der Waals surface area contributed by atoms with E-state index in [4.69, 9.17) is 0 Å². The molecule has 0 amide bonds. The van der Waals surface area contributed by atoms with Crippen LogP contribution in [0.3, 0.4) is 0 Å². The fraction of sp³-hybridized carbons (Fsp3) is 0.143. The molecule has 0 spiro atoms. The van der Waals surface area contributed by atoms with Crippen LogP contribution >= 0.6 is 47.8 Å². The van der Waals surface area contributed by atoms with Gasteiger partial charge in [0.2, 0.25) is 0 Å². The SMILES string of the molecule is Cc1c(Br)c[c]c(Br)c1Br.